The van der Waals surface area contributed by atoms with E-state index in [1.807, 2.05) is 61.5 Å². The molecule has 3 aromatic heterocycles. The van der Waals surface area contributed by atoms with Gasteiger partial charge in [0.25, 0.3) is 11.5 Å². The number of hydrogen-bond acceptors (Lipinski definition) is 4. The number of benzene rings is 2. The van der Waals surface area contributed by atoms with Crippen LogP contribution in [0, 0.1) is 6.92 Å². The summed E-state index contributed by atoms with van der Waals surface area (Å²) in [6.07, 6.45) is 3.08. The Bertz CT molecular complexity index is 1440. The van der Waals surface area contributed by atoms with Gasteiger partial charge in [-0.1, -0.05) is 48.0 Å². The van der Waals surface area contributed by atoms with Crippen molar-refractivity contribution in [1.82, 2.24) is 29.6 Å². The van der Waals surface area contributed by atoms with Gasteiger partial charge < -0.3 is 10.3 Å². The van der Waals surface area contributed by atoms with Crippen molar-refractivity contribution in [2.45, 2.75) is 20.0 Å². The SMILES string of the molecule is Cc1ccc(Cn2cnc3c(cnn3CCNC(=O)c3cc4ccccc4[nH]3)c2=O)cc1. The minimum atomic E-state index is -0.189. The van der Waals surface area contributed by atoms with Gasteiger partial charge in [-0.3, -0.25) is 14.2 Å². The molecule has 0 radical (unpaired) electrons. The zero-order valence-corrected chi connectivity index (χ0v) is 17.6. The highest BCUT2D eigenvalue weighted by molar-refractivity contribution is 5.97. The van der Waals surface area contributed by atoms with Crippen LogP contribution in [0.2, 0.25) is 0 Å². The molecule has 0 saturated heterocycles. The molecule has 2 aromatic carbocycles. The molecule has 0 saturated carbocycles. The number of hydrogen-bond donors (Lipinski definition) is 2. The molecular formula is C24H22N6O2. The second kappa shape index (κ2) is 8.14. The van der Waals surface area contributed by atoms with E-state index in [2.05, 4.69) is 20.4 Å². The average molecular weight is 426 g/mol. The van der Waals surface area contributed by atoms with E-state index in [-0.39, 0.29) is 11.5 Å². The van der Waals surface area contributed by atoms with Crippen LogP contribution in [0.5, 0.6) is 0 Å². The molecule has 160 valence electrons. The number of nitrogens with one attached hydrogen (secondary N) is 2. The number of fused-ring (bicyclic) bond motifs is 2. The first kappa shape index (κ1) is 19.7. The van der Waals surface area contributed by atoms with Gasteiger partial charge in [-0.05, 0) is 24.6 Å². The molecule has 0 aliphatic rings. The van der Waals surface area contributed by atoms with Gasteiger partial charge in [0.15, 0.2) is 5.65 Å². The van der Waals surface area contributed by atoms with E-state index >= 15 is 0 Å². The summed E-state index contributed by atoms with van der Waals surface area (Å²) < 4.78 is 3.22. The van der Waals surface area contributed by atoms with Crippen LogP contribution in [0.4, 0.5) is 0 Å². The van der Waals surface area contributed by atoms with Crippen molar-refractivity contribution in [3.63, 3.8) is 0 Å². The van der Waals surface area contributed by atoms with E-state index in [1.165, 1.54) is 11.8 Å². The van der Waals surface area contributed by atoms with Crippen molar-refractivity contribution in [3.8, 4) is 0 Å². The molecule has 5 aromatic rings. The standard InChI is InChI=1S/C24H22N6O2/c1-16-6-8-17(9-7-16)14-29-15-26-22-19(24(29)32)13-27-30(22)11-10-25-23(31)21-12-18-4-2-3-5-20(18)28-21/h2-9,12-13,15,28H,10-11,14H2,1H3,(H,25,31). The van der Waals surface area contributed by atoms with Crippen LogP contribution in [0.3, 0.4) is 0 Å². The number of aromatic nitrogens is 5. The van der Waals surface area contributed by atoms with E-state index in [9.17, 15) is 9.59 Å². The van der Waals surface area contributed by atoms with E-state index < -0.39 is 0 Å². The molecule has 5 rings (SSSR count). The fraction of sp³-hybridized carbons (Fsp3) is 0.167. The quantitative estimate of drug-likeness (QED) is 0.436. The number of H-pyrrole nitrogens is 1. The fourth-order valence-electron chi connectivity index (χ4n) is 3.73. The Hall–Kier alpha value is -4.20. The molecule has 0 fully saturated rings. The second-order valence-electron chi connectivity index (χ2n) is 7.79. The molecule has 32 heavy (non-hydrogen) atoms. The number of amides is 1. The summed E-state index contributed by atoms with van der Waals surface area (Å²) in [5.74, 6) is -0.189. The van der Waals surface area contributed by atoms with Crippen molar-refractivity contribution in [3.05, 3.63) is 94.3 Å². The molecule has 0 aliphatic carbocycles. The molecule has 8 heteroatoms. The van der Waals surface area contributed by atoms with Crippen LogP contribution in [0.15, 0.2) is 71.9 Å². The number of aromatic amines is 1. The molecule has 0 spiro atoms. The smallest absolute Gasteiger partial charge is 0.267 e. The highest BCUT2D eigenvalue weighted by atomic mass is 16.2. The van der Waals surface area contributed by atoms with Crippen LogP contribution in [-0.4, -0.2) is 36.8 Å². The Morgan fingerprint density at radius 3 is 2.75 bits per heavy atom. The van der Waals surface area contributed by atoms with Crippen molar-refractivity contribution >= 4 is 27.8 Å². The van der Waals surface area contributed by atoms with Crippen LogP contribution in [0.25, 0.3) is 21.9 Å². The summed E-state index contributed by atoms with van der Waals surface area (Å²) in [5.41, 5.74) is 4.01. The third kappa shape index (κ3) is 3.78. The van der Waals surface area contributed by atoms with E-state index in [4.69, 9.17) is 0 Å². The lowest BCUT2D eigenvalue weighted by molar-refractivity contribution is 0.0948. The number of rotatable bonds is 6. The first-order valence-electron chi connectivity index (χ1n) is 10.4. The highest BCUT2D eigenvalue weighted by Crippen LogP contribution is 2.14. The number of carbonyl (C=O) groups is 1. The molecule has 3 heterocycles. The third-order valence-electron chi connectivity index (χ3n) is 5.48. The maximum atomic E-state index is 12.9. The van der Waals surface area contributed by atoms with E-state index in [0.717, 1.165) is 16.5 Å². The first-order chi connectivity index (χ1) is 15.6. The molecule has 0 unspecified atom stereocenters. The largest absolute Gasteiger partial charge is 0.351 e. The van der Waals surface area contributed by atoms with Gasteiger partial charge in [0.1, 0.15) is 17.4 Å². The normalized spacial score (nSPS) is 11.3. The van der Waals surface area contributed by atoms with Crippen molar-refractivity contribution in [1.29, 1.82) is 0 Å². The third-order valence-corrected chi connectivity index (χ3v) is 5.48. The molecule has 2 N–H and O–H groups in total. The first-order valence-corrected chi connectivity index (χ1v) is 10.4. The summed E-state index contributed by atoms with van der Waals surface area (Å²) in [4.78, 5) is 32.9. The van der Waals surface area contributed by atoms with Gasteiger partial charge in [-0.15, -0.1) is 0 Å². The topological polar surface area (TPSA) is 97.6 Å². The Morgan fingerprint density at radius 1 is 1.12 bits per heavy atom. The van der Waals surface area contributed by atoms with Crippen LogP contribution in [0.1, 0.15) is 21.6 Å². The molecule has 8 nitrogen and oxygen atoms in total. The number of aryl methyl sites for hydroxylation is 1. The molecule has 0 bridgehead atoms. The minimum absolute atomic E-state index is 0.135. The van der Waals surface area contributed by atoms with E-state index in [1.54, 1.807) is 15.6 Å². The summed E-state index contributed by atoms with van der Waals surface area (Å²) in [5, 5.41) is 8.63. The van der Waals surface area contributed by atoms with Gasteiger partial charge in [-0.2, -0.15) is 5.10 Å². The Labute approximate surface area is 183 Å². The predicted molar refractivity (Wildman–Crippen MR) is 123 cm³/mol. The monoisotopic (exact) mass is 426 g/mol. The molecule has 0 aliphatic heterocycles. The fourth-order valence-corrected chi connectivity index (χ4v) is 3.73. The van der Waals surface area contributed by atoms with Crippen LogP contribution in [-0.2, 0) is 13.1 Å². The van der Waals surface area contributed by atoms with Gasteiger partial charge in [0.2, 0.25) is 0 Å². The van der Waals surface area contributed by atoms with Gasteiger partial charge >= 0.3 is 0 Å². The summed E-state index contributed by atoms with van der Waals surface area (Å²) >= 11 is 0. The number of para-hydroxylation sites is 1. The van der Waals surface area contributed by atoms with Crippen LogP contribution < -0.4 is 10.9 Å². The summed E-state index contributed by atoms with van der Waals surface area (Å²) in [6.45, 7) is 3.25. The van der Waals surface area contributed by atoms with Crippen LogP contribution >= 0.6 is 0 Å². The Morgan fingerprint density at radius 2 is 1.94 bits per heavy atom. The van der Waals surface area contributed by atoms with Crippen molar-refractivity contribution in [2.75, 3.05) is 6.54 Å². The Kier molecular flexibility index (Phi) is 5.03. The maximum Gasteiger partial charge on any atom is 0.267 e. The summed E-state index contributed by atoms with van der Waals surface area (Å²) in [7, 11) is 0. The lowest BCUT2D eigenvalue weighted by atomic mass is 10.1. The lowest BCUT2D eigenvalue weighted by Gasteiger charge is -2.07. The zero-order valence-electron chi connectivity index (χ0n) is 17.6. The molecule has 1 amide bonds. The zero-order chi connectivity index (χ0) is 22.1. The minimum Gasteiger partial charge on any atom is -0.351 e. The predicted octanol–water partition coefficient (Wildman–Crippen LogP) is 2.86. The van der Waals surface area contributed by atoms with E-state index in [0.29, 0.717) is 36.4 Å². The average Bonchev–Trinajstić information content (AvgIpc) is 3.42. The van der Waals surface area contributed by atoms with Crippen molar-refractivity contribution < 1.29 is 4.79 Å². The molecular weight excluding hydrogens is 404 g/mol. The highest BCUT2D eigenvalue weighted by Gasteiger charge is 2.12. The van der Waals surface area contributed by atoms with Crippen molar-refractivity contribution in [2.24, 2.45) is 0 Å². The second-order valence-corrected chi connectivity index (χ2v) is 7.79. The lowest BCUT2D eigenvalue weighted by Crippen LogP contribution is -2.28. The van der Waals surface area contributed by atoms with Gasteiger partial charge in [0.05, 0.1) is 19.3 Å². The summed E-state index contributed by atoms with van der Waals surface area (Å²) in [6, 6.07) is 17.6. The number of carbonyl (C=O) groups excluding carboxylic acids is 1. The Balaban J connectivity index is 1.27. The maximum absolute atomic E-state index is 12.9. The van der Waals surface area contributed by atoms with Gasteiger partial charge in [0, 0.05) is 17.4 Å². The number of nitrogens with zero attached hydrogens (tertiary/aromatic N) is 4. The molecule has 0 atom stereocenters. The van der Waals surface area contributed by atoms with Gasteiger partial charge in [-0.25, -0.2) is 9.67 Å².